The van der Waals surface area contributed by atoms with E-state index in [2.05, 4.69) is 5.16 Å². The third kappa shape index (κ3) is 3.17. The molecule has 2 N–H and O–H groups in total. The van der Waals surface area contributed by atoms with Crippen molar-refractivity contribution in [1.29, 1.82) is 0 Å². The fourth-order valence-corrected chi connectivity index (χ4v) is 1.74. The summed E-state index contributed by atoms with van der Waals surface area (Å²) < 4.78 is 10.3. The number of carbonyl (C=O) groups excluding carboxylic acids is 1. The Morgan fingerprint density at radius 2 is 2.00 bits per heavy atom. The van der Waals surface area contributed by atoms with Crippen LogP contribution in [0.25, 0.3) is 11.3 Å². The molecule has 0 aliphatic heterocycles. The van der Waals surface area contributed by atoms with Crippen molar-refractivity contribution < 1.29 is 14.1 Å². The van der Waals surface area contributed by atoms with Gasteiger partial charge in [-0.25, -0.2) is 4.79 Å². The first-order valence-electron chi connectivity index (χ1n) is 6.33. The number of nitrogens with zero attached hydrogens (tertiary/aromatic N) is 1. The van der Waals surface area contributed by atoms with E-state index < -0.39 is 11.6 Å². The van der Waals surface area contributed by atoms with E-state index in [9.17, 15) is 4.79 Å². The summed E-state index contributed by atoms with van der Waals surface area (Å²) in [5.74, 6) is -0.449. The van der Waals surface area contributed by atoms with E-state index in [-0.39, 0.29) is 5.76 Å². The van der Waals surface area contributed by atoms with Gasteiger partial charge in [0.1, 0.15) is 11.3 Å². The molecule has 0 unspecified atom stereocenters. The molecule has 0 amide bonds. The zero-order valence-corrected chi connectivity index (χ0v) is 12.1. The van der Waals surface area contributed by atoms with Gasteiger partial charge in [0.25, 0.3) is 0 Å². The predicted octanol–water partition coefficient (Wildman–Crippen LogP) is 3.19. The van der Waals surface area contributed by atoms with Crippen molar-refractivity contribution in [2.75, 3.05) is 5.73 Å². The van der Waals surface area contributed by atoms with Crippen LogP contribution in [0.3, 0.4) is 0 Å². The number of anilines is 1. The normalized spacial score (nSPS) is 11.4. The summed E-state index contributed by atoms with van der Waals surface area (Å²) in [5.41, 5.74) is 8.23. The van der Waals surface area contributed by atoms with E-state index in [1.54, 1.807) is 32.9 Å². The number of aryl methyl sites for hydroxylation is 1. The van der Waals surface area contributed by atoms with E-state index in [0.717, 1.165) is 11.1 Å². The van der Waals surface area contributed by atoms with Crippen LogP contribution in [0.2, 0.25) is 0 Å². The summed E-state index contributed by atoms with van der Waals surface area (Å²) in [6, 6.07) is 7.07. The second-order valence-electron chi connectivity index (χ2n) is 5.65. The second-order valence-corrected chi connectivity index (χ2v) is 5.65. The molecule has 5 nitrogen and oxygen atoms in total. The molecule has 5 heteroatoms. The average Bonchev–Trinajstić information content (AvgIpc) is 2.79. The lowest BCUT2D eigenvalue weighted by Crippen LogP contribution is -2.23. The molecule has 2 rings (SSSR count). The molecule has 0 saturated heterocycles. The molecule has 0 atom stereocenters. The summed E-state index contributed by atoms with van der Waals surface area (Å²) in [6.45, 7) is 7.33. The van der Waals surface area contributed by atoms with Gasteiger partial charge in [-0.2, -0.15) is 0 Å². The Balaban J connectivity index is 2.29. The zero-order valence-electron chi connectivity index (χ0n) is 12.1. The molecule has 0 fully saturated rings. The number of nitrogen functional groups attached to an aromatic ring is 1. The van der Waals surface area contributed by atoms with E-state index in [1.807, 2.05) is 19.1 Å². The quantitative estimate of drug-likeness (QED) is 0.672. The average molecular weight is 274 g/mol. The number of rotatable bonds is 2. The minimum absolute atomic E-state index is 0.0803. The molecule has 1 heterocycles. The zero-order chi connectivity index (χ0) is 14.9. The van der Waals surface area contributed by atoms with Crippen LogP contribution in [0.5, 0.6) is 0 Å². The van der Waals surface area contributed by atoms with Crippen molar-refractivity contribution in [3.05, 3.63) is 35.6 Å². The van der Waals surface area contributed by atoms with Gasteiger partial charge >= 0.3 is 5.97 Å². The van der Waals surface area contributed by atoms with Crippen molar-refractivity contribution in [2.45, 2.75) is 33.3 Å². The first-order chi connectivity index (χ1) is 9.26. The minimum atomic E-state index is -0.572. The van der Waals surface area contributed by atoms with Gasteiger partial charge in [0.05, 0.1) is 0 Å². The van der Waals surface area contributed by atoms with Crippen LogP contribution in [0, 0.1) is 6.92 Å². The maximum absolute atomic E-state index is 11.9. The lowest BCUT2D eigenvalue weighted by molar-refractivity contribution is 0.00277. The van der Waals surface area contributed by atoms with Crippen molar-refractivity contribution in [3.8, 4) is 11.3 Å². The molecule has 0 aliphatic rings. The number of aromatic nitrogens is 1. The Morgan fingerprint density at radius 1 is 1.30 bits per heavy atom. The van der Waals surface area contributed by atoms with E-state index in [4.69, 9.17) is 15.0 Å². The van der Waals surface area contributed by atoms with Crippen molar-refractivity contribution in [2.24, 2.45) is 0 Å². The minimum Gasteiger partial charge on any atom is -0.454 e. The summed E-state index contributed by atoms with van der Waals surface area (Å²) in [5, 5.41) is 3.91. The largest absolute Gasteiger partial charge is 0.454 e. The monoisotopic (exact) mass is 274 g/mol. The van der Waals surface area contributed by atoms with Gasteiger partial charge in [-0.3, -0.25) is 0 Å². The van der Waals surface area contributed by atoms with Gasteiger partial charge in [0.15, 0.2) is 0 Å². The summed E-state index contributed by atoms with van der Waals surface area (Å²) in [6.07, 6.45) is 0. The maximum atomic E-state index is 11.9. The molecule has 0 radical (unpaired) electrons. The Hall–Kier alpha value is -2.30. The standard InChI is InChI=1S/C15H18N2O3/c1-9-5-6-10(16)7-11(9)12-8-13(20-17-12)14(18)19-15(2,3)4/h5-8H,16H2,1-4H3. The van der Waals surface area contributed by atoms with Crippen LogP contribution in [0.1, 0.15) is 36.9 Å². The molecule has 20 heavy (non-hydrogen) atoms. The molecule has 0 saturated carbocycles. The number of nitrogens with two attached hydrogens (primary N) is 1. The van der Waals surface area contributed by atoms with Gasteiger partial charge < -0.3 is 15.0 Å². The predicted molar refractivity (Wildman–Crippen MR) is 76.3 cm³/mol. The van der Waals surface area contributed by atoms with Crippen LogP contribution in [0.15, 0.2) is 28.8 Å². The first kappa shape index (κ1) is 14.1. The highest BCUT2D eigenvalue weighted by atomic mass is 16.6. The number of carbonyl (C=O) groups is 1. The van der Waals surface area contributed by atoms with Crippen LogP contribution < -0.4 is 5.73 Å². The third-order valence-electron chi connectivity index (χ3n) is 2.65. The molecule has 1 aromatic carbocycles. The second kappa shape index (κ2) is 5.00. The molecule has 0 spiro atoms. The van der Waals surface area contributed by atoms with Crippen LogP contribution >= 0.6 is 0 Å². The molecular weight excluding hydrogens is 256 g/mol. The van der Waals surface area contributed by atoms with E-state index in [0.29, 0.717) is 11.4 Å². The number of hydrogen-bond acceptors (Lipinski definition) is 5. The van der Waals surface area contributed by atoms with Crippen molar-refractivity contribution in [1.82, 2.24) is 5.16 Å². The van der Waals surface area contributed by atoms with Crippen molar-refractivity contribution >= 4 is 11.7 Å². The highest BCUT2D eigenvalue weighted by Crippen LogP contribution is 2.26. The van der Waals surface area contributed by atoms with Crippen LogP contribution in [-0.2, 0) is 4.74 Å². The van der Waals surface area contributed by atoms with Gasteiger partial charge in [-0.1, -0.05) is 11.2 Å². The number of esters is 1. The van der Waals surface area contributed by atoms with Gasteiger partial charge in [0, 0.05) is 17.3 Å². The summed E-state index contributed by atoms with van der Waals surface area (Å²) in [7, 11) is 0. The SMILES string of the molecule is Cc1ccc(N)cc1-c1cc(C(=O)OC(C)(C)C)on1. The maximum Gasteiger partial charge on any atom is 0.377 e. The third-order valence-corrected chi connectivity index (χ3v) is 2.65. The molecule has 1 aromatic heterocycles. The first-order valence-corrected chi connectivity index (χ1v) is 6.33. The Bertz CT molecular complexity index is 639. The topological polar surface area (TPSA) is 78.4 Å². The molecule has 106 valence electrons. The van der Waals surface area contributed by atoms with Gasteiger partial charge in [-0.05, 0) is 45.4 Å². The highest BCUT2D eigenvalue weighted by molar-refractivity contribution is 5.88. The molecule has 0 bridgehead atoms. The lowest BCUT2D eigenvalue weighted by atomic mass is 10.0. The molecule has 0 aliphatic carbocycles. The van der Waals surface area contributed by atoms with Crippen LogP contribution in [-0.4, -0.2) is 16.7 Å². The van der Waals surface area contributed by atoms with Crippen LogP contribution in [0.4, 0.5) is 5.69 Å². The summed E-state index contributed by atoms with van der Waals surface area (Å²) >= 11 is 0. The van der Waals surface area contributed by atoms with Gasteiger partial charge in [0.2, 0.25) is 5.76 Å². The number of ether oxygens (including phenoxy) is 1. The lowest BCUT2D eigenvalue weighted by Gasteiger charge is -2.17. The van der Waals surface area contributed by atoms with Gasteiger partial charge in [-0.15, -0.1) is 0 Å². The summed E-state index contributed by atoms with van der Waals surface area (Å²) in [4.78, 5) is 11.9. The Labute approximate surface area is 117 Å². The smallest absolute Gasteiger partial charge is 0.377 e. The Morgan fingerprint density at radius 3 is 2.65 bits per heavy atom. The van der Waals surface area contributed by atoms with E-state index in [1.165, 1.54) is 0 Å². The highest BCUT2D eigenvalue weighted by Gasteiger charge is 2.22. The molecular formula is C15H18N2O3. The van der Waals surface area contributed by atoms with Crippen molar-refractivity contribution in [3.63, 3.8) is 0 Å². The number of benzene rings is 1. The fraction of sp³-hybridized carbons (Fsp3) is 0.333. The number of hydrogen-bond donors (Lipinski definition) is 1. The van der Waals surface area contributed by atoms with E-state index >= 15 is 0 Å². The molecule has 2 aromatic rings. The Kier molecular flexibility index (Phi) is 3.53. The fourth-order valence-electron chi connectivity index (χ4n) is 1.74.